The van der Waals surface area contributed by atoms with Crippen LogP contribution < -0.4 is 4.74 Å². The van der Waals surface area contributed by atoms with Crippen LogP contribution in [0.4, 0.5) is 0 Å². The minimum absolute atomic E-state index is 0.266. The van der Waals surface area contributed by atoms with Gasteiger partial charge in [0.15, 0.2) is 6.10 Å². The number of carboxylic acid groups (broad SMARTS) is 1. The average Bonchev–Trinajstić information content (AvgIpc) is 2.18. The molecule has 78 valence electrons. The molecule has 0 amide bonds. The summed E-state index contributed by atoms with van der Waals surface area (Å²) >= 11 is 3.22. The molecule has 4 nitrogen and oxygen atoms in total. The number of benzene rings is 1. The number of rotatable bonds is 3. The molecule has 0 fully saturated rings. The van der Waals surface area contributed by atoms with Crippen LogP contribution in [0.3, 0.4) is 0 Å². The fraction of sp³-hybridized carbons (Fsp3) is 0.200. The van der Waals surface area contributed by atoms with Gasteiger partial charge in [-0.3, -0.25) is 0 Å². The molecular formula is C10H8BrNO3. The molecule has 1 atom stereocenters. The smallest absolute Gasteiger partial charge is 0.344 e. The molecule has 0 unspecified atom stereocenters. The van der Waals surface area contributed by atoms with E-state index in [1.54, 1.807) is 18.2 Å². The Morgan fingerprint density at radius 2 is 2.33 bits per heavy atom. The molecule has 0 bridgehead atoms. The normalized spacial score (nSPS) is 11.5. The van der Waals surface area contributed by atoms with Gasteiger partial charge >= 0.3 is 5.97 Å². The number of hydrogen-bond acceptors (Lipinski definition) is 3. The number of carboxylic acids is 1. The Bertz CT molecular complexity index is 425. The van der Waals surface area contributed by atoms with E-state index in [4.69, 9.17) is 15.1 Å². The lowest BCUT2D eigenvalue weighted by Crippen LogP contribution is -2.23. The number of halogens is 1. The van der Waals surface area contributed by atoms with Gasteiger partial charge in [-0.1, -0.05) is 15.9 Å². The Hall–Kier alpha value is -1.54. The molecular weight excluding hydrogens is 262 g/mol. The maximum Gasteiger partial charge on any atom is 0.344 e. The fourth-order valence-corrected chi connectivity index (χ4v) is 1.27. The summed E-state index contributed by atoms with van der Waals surface area (Å²) in [6.45, 7) is 1.41. The van der Waals surface area contributed by atoms with E-state index in [-0.39, 0.29) is 5.75 Å². The largest absolute Gasteiger partial charge is 0.479 e. The van der Waals surface area contributed by atoms with Crippen molar-refractivity contribution in [1.82, 2.24) is 0 Å². The lowest BCUT2D eigenvalue weighted by molar-refractivity contribution is -0.144. The van der Waals surface area contributed by atoms with Gasteiger partial charge in [0.25, 0.3) is 0 Å². The fourth-order valence-electron chi connectivity index (χ4n) is 0.927. The van der Waals surface area contributed by atoms with Gasteiger partial charge in [-0.2, -0.15) is 5.26 Å². The van der Waals surface area contributed by atoms with Crippen molar-refractivity contribution in [3.63, 3.8) is 0 Å². The summed E-state index contributed by atoms with van der Waals surface area (Å²) in [6, 6.07) is 6.75. The van der Waals surface area contributed by atoms with Crippen molar-refractivity contribution in [1.29, 1.82) is 5.26 Å². The van der Waals surface area contributed by atoms with Gasteiger partial charge in [0, 0.05) is 4.47 Å². The molecule has 0 aromatic heterocycles. The van der Waals surface area contributed by atoms with Crippen LogP contribution in [0.25, 0.3) is 0 Å². The summed E-state index contributed by atoms with van der Waals surface area (Å²) in [7, 11) is 0. The third kappa shape index (κ3) is 2.96. The topological polar surface area (TPSA) is 70.3 Å². The highest BCUT2D eigenvalue weighted by molar-refractivity contribution is 9.10. The van der Waals surface area contributed by atoms with E-state index in [2.05, 4.69) is 15.9 Å². The van der Waals surface area contributed by atoms with E-state index in [0.29, 0.717) is 5.56 Å². The number of ether oxygens (including phenoxy) is 1. The van der Waals surface area contributed by atoms with Crippen molar-refractivity contribution in [2.75, 3.05) is 0 Å². The summed E-state index contributed by atoms with van der Waals surface area (Å²) < 4.78 is 5.86. The predicted octanol–water partition coefficient (Wildman–Crippen LogP) is 2.17. The molecule has 5 heteroatoms. The Balaban J connectivity index is 2.98. The Kier molecular flexibility index (Phi) is 3.69. The summed E-state index contributed by atoms with van der Waals surface area (Å²) in [5, 5.41) is 17.4. The van der Waals surface area contributed by atoms with Gasteiger partial charge in [-0.25, -0.2) is 4.79 Å². The predicted molar refractivity (Wildman–Crippen MR) is 56.6 cm³/mol. The lowest BCUT2D eigenvalue weighted by atomic mass is 10.2. The monoisotopic (exact) mass is 269 g/mol. The second-order valence-corrected chi connectivity index (χ2v) is 3.77. The maximum absolute atomic E-state index is 10.6. The first-order chi connectivity index (χ1) is 7.04. The van der Waals surface area contributed by atoms with E-state index in [1.165, 1.54) is 6.92 Å². The highest BCUT2D eigenvalue weighted by atomic mass is 79.9. The zero-order valence-corrected chi connectivity index (χ0v) is 9.48. The van der Waals surface area contributed by atoms with Gasteiger partial charge in [-0.15, -0.1) is 0 Å². The van der Waals surface area contributed by atoms with Gasteiger partial charge in [-0.05, 0) is 25.1 Å². The molecule has 0 aliphatic rings. The van der Waals surface area contributed by atoms with Crippen molar-refractivity contribution in [2.45, 2.75) is 13.0 Å². The first-order valence-corrected chi connectivity index (χ1v) is 4.93. The van der Waals surface area contributed by atoms with Crippen LogP contribution in [0.2, 0.25) is 0 Å². The zero-order chi connectivity index (χ0) is 11.4. The van der Waals surface area contributed by atoms with Crippen LogP contribution in [-0.4, -0.2) is 17.2 Å². The first kappa shape index (κ1) is 11.5. The van der Waals surface area contributed by atoms with Crippen LogP contribution in [0.1, 0.15) is 12.5 Å². The van der Waals surface area contributed by atoms with Crippen molar-refractivity contribution in [2.24, 2.45) is 0 Å². The van der Waals surface area contributed by atoms with Gasteiger partial charge < -0.3 is 9.84 Å². The maximum atomic E-state index is 10.6. The van der Waals surface area contributed by atoms with Gasteiger partial charge in [0.05, 0.1) is 5.56 Å². The molecule has 0 radical (unpaired) electrons. The van der Waals surface area contributed by atoms with Gasteiger partial charge in [0.2, 0.25) is 0 Å². The number of aliphatic carboxylic acids is 1. The SMILES string of the molecule is C[C@@H](Oc1cc(Br)ccc1C#N)C(=O)O. The summed E-state index contributed by atoms with van der Waals surface area (Å²) in [4.78, 5) is 10.6. The molecule has 1 N–H and O–H groups in total. The third-order valence-electron chi connectivity index (χ3n) is 1.72. The number of nitriles is 1. The van der Waals surface area contributed by atoms with E-state index >= 15 is 0 Å². The van der Waals surface area contributed by atoms with Crippen molar-refractivity contribution in [3.05, 3.63) is 28.2 Å². The first-order valence-electron chi connectivity index (χ1n) is 4.13. The Morgan fingerprint density at radius 3 is 2.87 bits per heavy atom. The minimum atomic E-state index is -1.07. The number of carbonyl (C=O) groups is 1. The van der Waals surface area contributed by atoms with E-state index in [1.807, 2.05) is 6.07 Å². The molecule has 0 heterocycles. The van der Waals surface area contributed by atoms with Gasteiger partial charge in [0.1, 0.15) is 11.8 Å². The van der Waals surface area contributed by atoms with Crippen LogP contribution in [0.15, 0.2) is 22.7 Å². The second-order valence-electron chi connectivity index (χ2n) is 2.85. The van der Waals surface area contributed by atoms with Crippen LogP contribution >= 0.6 is 15.9 Å². The number of hydrogen-bond donors (Lipinski definition) is 1. The molecule has 15 heavy (non-hydrogen) atoms. The molecule has 0 spiro atoms. The van der Waals surface area contributed by atoms with Crippen LogP contribution in [0, 0.1) is 11.3 Å². The molecule has 0 saturated heterocycles. The Labute approximate surface area is 95.2 Å². The quantitative estimate of drug-likeness (QED) is 0.913. The molecule has 0 saturated carbocycles. The van der Waals surface area contributed by atoms with E-state index < -0.39 is 12.1 Å². The van der Waals surface area contributed by atoms with E-state index in [0.717, 1.165) is 4.47 Å². The molecule has 0 aliphatic carbocycles. The molecule has 1 aromatic rings. The number of nitrogens with zero attached hydrogens (tertiary/aromatic N) is 1. The summed E-state index contributed by atoms with van der Waals surface area (Å²) in [5.41, 5.74) is 0.311. The standard InChI is InChI=1S/C10H8BrNO3/c1-6(10(13)14)15-9-4-8(11)3-2-7(9)5-12/h2-4,6H,1H3,(H,13,14)/t6-/m1/s1. The van der Waals surface area contributed by atoms with Crippen molar-refractivity contribution < 1.29 is 14.6 Å². The van der Waals surface area contributed by atoms with Crippen molar-refractivity contribution in [3.8, 4) is 11.8 Å². The summed E-state index contributed by atoms with van der Waals surface area (Å²) in [5.74, 6) is -0.805. The molecule has 1 aromatic carbocycles. The highest BCUT2D eigenvalue weighted by Gasteiger charge is 2.14. The molecule has 0 aliphatic heterocycles. The zero-order valence-electron chi connectivity index (χ0n) is 7.90. The molecule has 1 rings (SSSR count). The Morgan fingerprint density at radius 1 is 1.67 bits per heavy atom. The summed E-state index contributed by atoms with van der Waals surface area (Å²) in [6.07, 6.45) is -0.980. The third-order valence-corrected chi connectivity index (χ3v) is 2.21. The minimum Gasteiger partial charge on any atom is -0.479 e. The average molecular weight is 270 g/mol. The lowest BCUT2D eigenvalue weighted by Gasteiger charge is -2.11. The van der Waals surface area contributed by atoms with Crippen LogP contribution in [0.5, 0.6) is 5.75 Å². The van der Waals surface area contributed by atoms with E-state index in [9.17, 15) is 4.79 Å². The van der Waals surface area contributed by atoms with Crippen molar-refractivity contribution >= 4 is 21.9 Å². The second kappa shape index (κ2) is 4.80. The highest BCUT2D eigenvalue weighted by Crippen LogP contribution is 2.24. The van der Waals surface area contributed by atoms with Crippen LogP contribution in [-0.2, 0) is 4.79 Å².